The van der Waals surface area contributed by atoms with E-state index in [9.17, 15) is 9.59 Å². The van der Waals surface area contributed by atoms with E-state index in [1.807, 2.05) is 81.6 Å². The second-order valence-corrected chi connectivity index (χ2v) is 10.8. The van der Waals surface area contributed by atoms with Crippen LogP contribution in [0.25, 0.3) is 16.8 Å². The maximum atomic E-state index is 13.9. The number of carbonyl (C=O) groups excluding carboxylic acids is 1. The summed E-state index contributed by atoms with van der Waals surface area (Å²) in [5, 5.41) is 2.19. The predicted octanol–water partition coefficient (Wildman–Crippen LogP) is 5.06. The minimum absolute atomic E-state index is 0.173. The third kappa shape index (κ3) is 4.45. The number of aromatic nitrogens is 1. The molecule has 0 N–H and O–H groups in total. The second-order valence-electron chi connectivity index (χ2n) is 8.88. The molecule has 7 heteroatoms. The van der Waals surface area contributed by atoms with Gasteiger partial charge in [0.2, 0.25) is 0 Å². The molecule has 0 amide bonds. The molecule has 5 nitrogen and oxygen atoms in total. The van der Waals surface area contributed by atoms with Crippen molar-refractivity contribution < 1.29 is 9.53 Å². The number of fused-ring (bicyclic) bond motifs is 2. The van der Waals surface area contributed by atoms with Crippen LogP contribution in [-0.4, -0.2) is 22.9 Å². The van der Waals surface area contributed by atoms with E-state index in [1.165, 1.54) is 11.3 Å². The molecule has 0 fully saturated rings. The van der Waals surface area contributed by atoms with Crippen LogP contribution in [0.5, 0.6) is 0 Å². The summed E-state index contributed by atoms with van der Waals surface area (Å²) < 4.78 is 7.79. The van der Waals surface area contributed by atoms with Crippen LogP contribution in [0.15, 0.2) is 92.7 Å². The van der Waals surface area contributed by atoms with Gasteiger partial charge in [-0.15, -0.1) is 11.8 Å². The van der Waals surface area contributed by atoms with Gasteiger partial charge in [0, 0.05) is 4.90 Å². The molecule has 2 heterocycles. The number of hydrogen-bond acceptors (Lipinski definition) is 6. The van der Waals surface area contributed by atoms with Crippen LogP contribution in [-0.2, 0) is 9.53 Å². The molecule has 0 saturated carbocycles. The smallest absolute Gasteiger partial charge is 0.338 e. The highest BCUT2D eigenvalue weighted by Crippen LogP contribution is 2.32. The number of nitrogens with zero attached hydrogens (tertiary/aromatic N) is 2. The van der Waals surface area contributed by atoms with Crippen molar-refractivity contribution in [3.63, 3.8) is 0 Å². The Morgan fingerprint density at radius 1 is 1.08 bits per heavy atom. The molecule has 36 heavy (non-hydrogen) atoms. The van der Waals surface area contributed by atoms with Crippen molar-refractivity contribution in [1.29, 1.82) is 0 Å². The fourth-order valence-electron chi connectivity index (χ4n) is 4.48. The Balaban J connectivity index is 1.73. The molecule has 1 aliphatic heterocycles. The van der Waals surface area contributed by atoms with Gasteiger partial charge in [0.1, 0.15) is 0 Å². The summed E-state index contributed by atoms with van der Waals surface area (Å²) in [7, 11) is 0. The van der Waals surface area contributed by atoms with E-state index < -0.39 is 12.0 Å². The highest BCUT2D eigenvalue weighted by molar-refractivity contribution is 7.98. The molecule has 0 saturated heterocycles. The van der Waals surface area contributed by atoms with Gasteiger partial charge in [0.05, 0.1) is 27.9 Å². The lowest BCUT2D eigenvalue weighted by molar-refractivity contribution is -0.143. The van der Waals surface area contributed by atoms with Crippen LogP contribution in [0.4, 0.5) is 0 Å². The van der Waals surface area contributed by atoms with E-state index in [0.717, 1.165) is 26.8 Å². The van der Waals surface area contributed by atoms with Crippen LogP contribution >= 0.6 is 23.1 Å². The van der Waals surface area contributed by atoms with Gasteiger partial charge in [0.25, 0.3) is 5.56 Å². The minimum Gasteiger partial charge on any atom is -0.459 e. The Morgan fingerprint density at radius 2 is 1.81 bits per heavy atom. The van der Waals surface area contributed by atoms with Crippen molar-refractivity contribution in [2.75, 3.05) is 6.26 Å². The molecule has 0 spiro atoms. The Labute approximate surface area is 217 Å². The van der Waals surface area contributed by atoms with Crippen LogP contribution in [0.2, 0.25) is 0 Å². The van der Waals surface area contributed by atoms with Gasteiger partial charge in [-0.25, -0.2) is 9.79 Å². The van der Waals surface area contributed by atoms with Crippen LogP contribution in [0.3, 0.4) is 0 Å². The quantitative estimate of drug-likeness (QED) is 0.276. The first-order chi connectivity index (χ1) is 17.4. The Morgan fingerprint density at radius 3 is 2.53 bits per heavy atom. The van der Waals surface area contributed by atoms with Gasteiger partial charge >= 0.3 is 5.97 Å². The molecule has 0 bridgehead atoms. The minimum atomic E-state index is -0.613. The van der Waals surface area contributed by atoms with Crippen LogP contribution in [0.1, 0.15) is 37.9 Å². The first-order valence-corrected chi connectivity index (χ1v) is 13.8. The Kier molecular flexibility index (Phi) is 6.69. The zero-order valence-corrected chi connectivity index (χ0v) is 22.2. The Hall–Kier alpha value is -3.42. The zero-order valence-electron chi connectivity index (χ0n) is 20.5. The summed E-state index contributed by atoms with van der Waals surface area (Å²) in [6.45, 7) is 5.44. The summed E-state index contributed by atoms with van der Waals surface area (Å²) >= 11 is 2.98. The largest absolute Gasteiger partial charge is 0.459 e. The van der Waals surface area contributed by atoms with Gasteiger partial charge in [-0.1, -0.05) is 65.9 Å². The van der Waals surface area contributed by atoms with Gasteiger partial charge in [-0.2, -0.15) is 0 Å². The maximum absolute atomic E-state index is 13.9. The van der Waals surface area contributed by atoms with Crippen LogP contribution in [0, 0.1) is 0 Å². The molecule has 0 unspecified atom stereocenters. The first-order valence-electron chi connectivity index (χ1n) is 11.7. The SMILES string of the molecule is CSc1ccc([C@@H]2C(C(=O)OC(C)C)=C(C)N=c3s/c(=C\c4cccc5ccccc45)c(=O)n32)cc1. The monoisotopic (exact) mass is 514 g/mol. The van der Waals surface area contributed by atoms with Crippen LogP contribution < -0.4 is 14.9 Å². The summed E-state index contributed by atoms with van der Waals surface area (Å²) in [5.74, 6) is -0.450. The molecule has 1 atom stereocenters. The topological polar surface area (TPSA) is 60.7 Å². The first kappa shape index (κ1) is 24.3. The number of esters is 1. The number of rotatable bonds is 5. The van der Waals surface area contributed by atoms with Crippen molar-refractivity contribution in [2.45, 2.75) is 37.8 Å². The second kappa shape index (κ2) is 9.91. The third-order valence-corrected chi connectivity index (χ3v) is 7.85. The van der Waals surface area contributed by atoms with E-state index >= 15 is 0 Å². The summed E-state index contributed by atoms with van der Waals surface area (Å²) in [6.07, 6.45) is 3.65. The van der Waals surface area contributed by atoms with Crippen molar-refractivity contribution >= 4 is 45.9 Å². The average molecular weight is 515 g/mol. The highest BCUT2D eigenvalue weighted by atomic mass is 32.2. The number of benzene rings is 3. The van der Waals surface area contributed by atoms with Crippen molar-refractivity contribution in [1.82, 2.24) is 4.57 Å². The fourth-order valence-corrected chi connectivity index (χ4v) is 5.93. The number of thiazole rings is 1. The number of hydrogen-bond donors (Lipinski definition) is 0. The molecule has 1 aromatic heterocycles. The molecule has 3 aromatic carbocycles. The lowest BCUT2D eigenvalue weighted by Gasteiger charge is -2.25. The predicted molar refractivity (Wildman–Crippen MR) is 147 cm³/mol. The normalized spacial score (nSPS) is 15.8. The molecule has 0 radical (unpaired) electrons. The van der Waals surface area contributed by atoms with Gasteiger partial charge in [-0.05, 0) is 67.1 Å². The molecule has 182 valence electrons. The molecule has 5 rings (SSSR count). The number of ether oxygens (including phenoxy) is 1. The maximum Gasteiger partial charge on any atom is 0.338 e. The number of carbonyl (C=O) groups is 1. The average Bonchev–Trinajstić information content (AvgIpc) is 3.17. The lowest BCUT2D eigenvalue weighted by atomic mass is 9.96. The van der Waals surface area contributed by atoms with Gasteiger partial charge in [-0.3, -0.25) is 9.36 Å². The summed E-state index contributed by atoms with van der Waals surface area (Å²) in [6, 6.07) is 21.5. The summed E-state index contributed by atoms with van der Waals surface area (Å²) in [5.41, 5.74) is 2.60. The van der Waals surface area contributed by atoms with Crippen molar-refractivity contribution in [2.24, 2.45) is 4.99 Å². The van der Waals surface area contributed by atoms with Gasteiger partial charge < -0.3 is 4.74 Å². The van der Waals surface area contributed by atoms with Crippen molar-refractivity contribution in [3.05, 3.63) is 109 Å². The van der Waals surface area contributed by atoms with E-state index in [0.29, 0.717) is 20.6 Å². The highest BCUT2D eigenvalue weighted by Gasteiger charge is 2.33. The Bertz CT molecular complexity index is 1670. The molecule has 1 aliphatic rings. The fraction of sp³-hybridized carbons (Fsp3) is 0.207. The third-order valence-electron chi connectivity index (χ3n) is 6.13. The van der Waals surface area contributed by atoms with E-state index in [2.05, 4.69) is 23.2 Å². The number of thioether (sulfide) groups is 1. The summed E-state index contributed by atoms with van der Waals surface area (Å²) in [4.78, 5) is 33.5. The van der Waals surface area contributed by atoms with Crippen molar-refractivity contribution in [3.8, 4) is 0 Å². The van der Waals surface area contributed by atoms with E-state index in [-0.39, 0.29) is 11.7 Å². The number of allylic oxidation sites excluding steroid dienone is 1. The molecular weight excluding hydrogens is 488 g/mol. The standard InChI is InChI=1S/C29H26N2O3S2/c1-17(2)34-28(33)25-18(3)30-29-31(26(25)20-12-14-22(35-4)15-13-20)27(32)24(36-29)16-21-10-7-9-19-8-5-6-11-23(19)21/h5-17,26H,1-4H3/b24-16-/t26-/m1/s1. The van der Waals surface area contributed by atoms with Gasteiger partial charge in [0.15, 0.2) is 4.80 Å². The zero-order chi connectivity index (χ0) is 25.4. The van der Waals surface area contributed by atoms with E-state index in [1.54, 1.807) is 16.3 Å². The molecule has 4 aromatic rings. The lowest BCUT2D eigenvalue weighted by Crippen LogP contribution is -2.40. The molecule has 0 aliphatic carbocycles. The molecular formula is C29H26N2O3S2. The van der Waals surface area contributed by atoms with E-state index in [4.69, 9.17) is 4.74 Å².